The molecule has 2 fully saturated rings. The maximum absolute atomic E-state index is 13.4. The predicted octanol–water partition coefficient (Wildman–Crippen LogP) is 0.997. The van der Waals surface area contributed by atoms with Crippen molar-refractivity contribution >= 4 is 5.91 Å². The highest BCUT2D eigenvalue weighted by Gasteiger charge is 2.62. The fraction of sp³-hybridized carbons (Fsp3) is 0.826. The van der Waals surface area contributed by atoms with E-state index >= 15 is 0 Å². The van der Waals surface area contributed by atoms with Crippen molar-refractivity contribution in [2.45, 2.75) is 64.3 Å². The van der Waals surface area contributed by atoms with Gasteiger partial charge < -0.3 is 26.8 Å². The molecule has 8 heteroatoms. The minimum absolute atomic E-state index is 0.0142. The van der Waals surface area contributed by atoms with Crippen molar-refractivity contribution in [3.8, 4) is 6.07 Å². The van der Waals surface area contributed by atoms with E-state index in [1.54, 1.807) is 7.11 Å². The van der Waals surface area contributed by atoms with Gasteiger partial charge in [-0.25, -0.2) is 0 Å². The number of hydrogen-bond donors (Lipinski definition) is 4. The van der Waals surface area contributed by atoms with Gasteiger partial charge in [0.1, 0.15) is 5.92 Å². The van der Waals surface area contributed by atoms with Crippen LogP contribution in [0.15, 0.2) is 11.4 Å². The molecular formula is C23H41N6O2+. The first-order chi connectivity index (χ1) is 14.8. The van der Waals surface area contributed by atoms with Gasteiger partial charge in [-0.15, -0.1) is 0 Å². The average molecular weight is 434 g/mol. The van der Waals surface area contributed by atoms with Gasteiger partial charge in [0.2, 0.25) is 5.91 Å². The van der Waals surface area contributed by atoms with Crippen LogP contribution in [0.25, 0.3) is 0 Å². The Hall–Kier alpha value is -1.50. The van der Waals surface area contributed by atoms with Crippen molar-refractivity contribution in [1.29, 1.82) is 5.26 Å². The standard InChI is InChI=1S/C23H40N6O2/c1-5-15(11-24)16-8-6-7-14(2)20-21(29(20,3)13-16)19(22(25)26)23(30)28-17-12-27-10-9-18(17)31-4/h14-19,22,27H,5-10,12-13,25-26H2,1-4H3/p+1. The van der Waals surface area contributed by atoms with Crippen LogP contribution < -0.4 is 22.1 Å². The summed E-state index contributed by atoms with van der Waals surface area (Å²) >= 11 is 0. The van der Waals surface area contributed by atoms with Crippen LogP contribution in [0.1, 0.15) is 46.0 Å². The number of nitrogens with two attached hydrogens (primary N) is 2. The Morgan fingerprint density at radius 2 is 2.13 bits per heavy atom. The van der Waals surface area contributed by atoms with Crippen molar-refractivity contribution in [2.75, 3.05) is 33.8 Å². The van der Waals surface area contributed by atoms with E-state index in [4.69, 9.17) is 16.2 Å². The summed E-state index contributed by atoms with van der Waals surface area (Å²) in [7, 11) is 3.86. The first kappa shape index (κ1) is 24.1. The van der Waals surface area contributed by atoms with Crippen LogP contribution in [0, 0.1) is 35.0 Å². The van der Waals surface area contributed by atoms with E-state index in [1.807, 2.05) is 0 Å². The zero-order chi connectivity index (χ0) is 22.8. The van der Waals surface area contributed by atoms with Gasteiger partial charge >= 0.3 is 0 Å². The number of rotatable bonds is 7. The number of piperidine rings is 1. The fourth-order valence-electron chi connectivity index (χ4n) is 6.07. The molecule has 0 saturated carbocycles. The van der Waals surface area contributed by atoms with Crippen molar-refractivity contribution in [2.24, 2.45) is 35.1 Å². The zero-order valence-electron chi connectivity index (χ0n) is 19.6. The number of fused-ring (bicyclic) bond motifs is 1. The molecule has 0 aliphatic carbocycles. The topological polar surface area (TPSA) is 126 Å². The minimum Gasteiger partial charge on any atom is -0.379 e. The lowest BCUT2D eigenvalue weighted by molar-refractivity contribution is -0.776. The summed E-state index contributed by atoms with van der Waals surface area (Å²) in [6.45, 7) is 6.73. The van der Waals surface area contributed by atoms with Crippen LogP contribution in [0.2, 0.25) is 0 Å². The summed E-state index contributed by atoms with van der Waals surface area (Å²) in [6.07, 6.45) is 4.15. The molecule has 3 aliphatic rings. The Labute approximate surface area is 186 Å². The second kappa shape index (κ2) is 9.97. The minimum atomic E-state index is -0.771. The zero-order valence-corrected chi connectivity index (χ0v) is 19.6. The number of carbonyl (C=O) groups is 1. The highest BCUT2D eigenvalue weighted by molar-refractivity contribution is 5.83. The molecule has 8 nitrogen and oxygen atoms in total. The van der Waals surface area contributed by atoms with E-state index < -0.39 is 12.1 Å². The van der Waals surface area contributed by atoms with Crippen LogP contribution in [0.3, 0.4) is 0 Å². The molecule has 3 rings (SSSR count). The molecule has 1 amide bonds. The summed E-state index contributed by atoms with van der Waals surface area (Å²) in [4.78, 5) is 13.4. The number of amides is 1. The molecule has 31 heavy (non-hydrogen) atoms. The molecule has 174 valence electrons. The number of allylic oxidation sites excluding steroid dienone is 1. The van der Waals surface area contributed by atoms with Crippen LogP contribution in [-0.2, 0) is 9.53 Å². The molecule has 7 atom stereocenters. The number of methoxy groups -OCH3 is 1. The number of hydrogen-bond acceptors (Lipinski definition) is 6. The summed E-state index contributed by atoms with van der Waals surface area (Å²) < 4.78 is 6.23. The third-order valence-electron chi connectivity index (χ3n) is 7.74. The Kier molecular flexibility index (Phi) is 7.76. The van der Waals surface area contributed by atoms with Gasteiger partial charge in [-0.1, -0.05) is 20.3 Å². The molecule has 0 radical (unpaired) electrons. The number of ether oxygens (including phenoxy) is 1. The van der Waals surface area contributed by atoms with Crippen molar-refractivity contribution in [1.82, 2.24) is 10.6 Å². The van der Waals surface area contributed by atoms with E-state index in [9.17, 15) is 10.1 Å². The lowest BCUT2D eigenvalue weighted by Crippen LogP contribution is -2.58. The highest BCUT2D eigenvalue weighted by atomic mass is 16.5. The first-order valence-electron chi connectivity index (χ1n) is 11.8. The molecule has 3 heterocycles. The second-order valence-electron chi connectivity index (χ2n) is 9.82. The third-order valence-corrected chi connectivity index (χ3v) is 7.74. The molecule has 0 aromatic carbocycles. The van der Waals surface area contributed by atoms with Gasteiger partial charge in [-0.3, -0.25) is 9.28 Å². The van der Waals surface area contributed by atoms with Gasteiger partial charge in [0, 0.05) is 25.5 Å². The summed E-state index contributed by atoms with van der Waals surface area (Å²) in [5.41, 5.74) is 14.8. The molecule has 3 aliphatic heterocycles. The van der Waals surface area contributed by atoms with Crippen LogP contribution in [0.5, 0.6) is 0 Å². The summed E-state index contributed by atoms with van der Waals surface area (Å²) in [5, 5.41) is 16.2. The van der Waals surface area contributed by atoms with E-state index in [1.165, 1.54) is 5.70 Å². The fourth-order valence-corrected chi connectivity index (χ4v) is 6.07. The van der Waals surface area contributed by atoms with Gasteiger partial charge in [-0.2, -0.15) is 5.26 Å². The van der Waals surface area contributed by atoms with E-state index in [0.717, 1.165) is 50.9 Å². The van der Waals surface area contributed by atoms with E-state index in [2.05, 4.69) is 37.6 Å². The lowest BCUT2D eigenvalue weighted by Gasteiger charge is -2.33. The molecule has 0 bridgehead atoms. The Bertz CT molecular complexity index is 732. The molecule has 0 aromatic heterocycles. The number of nitrogens with one attached hydrogen (secondary N) is 2. The van der Waals surface area contributed by atoms with E-state index in [0.29, 0.717) is 22.9 Å². The highest BCUT2D eigenvalue weighted by Crippen LogP contribution is 2.54. The molecule has 0 aromatic rings. The Morgan fingerprint density at radius 1 is 1.39 bits per heavy atom. The number of carbonyl (C=O) groups excluding carboxylic acids is 1. The van der Waals surface area contributed by atoms with Gasteiger partial charge in [0.25, 0.3) is 0 Å². The Balaban J connectivity index is 1.83. The molecule has 7 unspecified atom stereocenters. The SMILES string of the molecule is CCC(C#N)C1CCCC(C)C2=C(C(C(=O)NC3CNCCC3OC)C(N)N)[N+]2(C)C1. The summed E-state index contributed by atoms with van der Waals surface area (Å²) in [5.74, 6) is 0.0673. The van der Waals surface area contributed by atoms with Crippen molar-refractivity contribution in [3.05, 3.63) is 11.4 Å². The molecule has 2 saturated heterocycles. The first-order valence-corrected chi connectivity index (χ1v) is 11.8. The Morgan fingerprint density at radius 3 is 2.74 bits per heavy atom. The third kappa shape index (κ3) is 4.81. The summed E-state index contributed by atoms with van der Waals surface area (Å²) in [6, 6.07) is 2.42. The maximum atomic E-state index is 13.4. The molecule has 6 N–H and O–H groups in total. The second-order valence-corrected chi connectivity index (χ2v) is 9.82. The quantitative estimate of drug-likeness (QED) is 0.350. The predicted molar refractivity (Wildman–Crippen MR) is 120 cm³/mol. The van der Waals surface area contributed by atoms with E-state index in [-0.39, 0.29) is 24.0 Å². The smallest absolute Gasteiger partial charge is 0.236 e. The largest absolute Gasteiger partial charge is 0.379 e. The maximum Gasteiger partial charge on any atom is 0.236 e. The number of nitriles is 1. The molecule has 0 spiro atoms. The lowest BCUT2D eigenvalue weighted by atomic mass is 9.84. The monoisotopic (exact) mass is 433 g/mol. The number of nitrogens with zero attached hydrogens (tertiary/aromatic N) is 2. The van der Waals surface area contributed by atoms with Gasteiger partial charge in [-0.05, 0) is 32.2 Å². The van der Waals surface area contributed by atoms with Crippen molar-refractivity contribution in [3.63, 3.8) is 0 Å². The average Bonchev–Trinajstić information content (AvgIpc) is 3.30. The number of quaternary nitrogens is 1. The van der Waals surface area contributed by atoms with Crippen LogP contribution in [0.4, 0.5) is 0 Å². The molecular weight excluding hydrogens is 392 g/mol. The van der Waals surface area contributed by atoms with Crippen LogP contribution >= 0.6 is 0 Å². The van der Waals surface area contributed by atoms with Crippen molar-refractivity contribution < 1.29 is 14.0 Å². The van der Waals surface area contributed by atoms with Gasteiger partial charge in [0.05, 0.1) is 43.9 Å². The van der Waals surface area contributed by atoms with Crippen LogP contribution in [-0.4, -0.2) is 62.5 Å². The van der Waals surface area contributed by atoms with Gasteiger partial charge in [0.15, 0.2) is 11.4 Å². The normalized spacial score (nSPS) is 35.4.